The van der Waals surface area contributed by atoms with Crippen LogP contribution in [0.1, 0.15) is 28.3 Å². The molecule has 0 radical (unpaired) electrons. The van der Waals surface area contributed by atoms with Crippen LogP contribution < -0.4 is 15.2 Å². The number of benzene rings is 2. The summed E-state index contributed by atoms with van der Waals surface area (Å²) in [6, 6.07) is 13.7. The van der Waals surface area contributed by atoms with Gasteiger partial charge in [-0.15, -0.1) is 5.10 Å². The fourth-order valence-corrected chi connectivity index (χ4v) is 3.56. The molecule has 1 aliphatic rings. The van der Waals surface area contributed by atoms with Gasteiger partial charge in [0.1, 0.15) is 29.8 Å². The monoisotopic (exact) mass is 410 g/mol. The number of halogens is 2. The molecule has 6 nitrogen and oxygen atoms in total. The summed E-state index contributed by atoms with van der Waals surface area (Å²) < 4.78 is 24.9. The Bertz CT molecular complexity index is 1170. The summed E-state index contributed by atoms with van der Waals surface area (Å²) >= 11 is 6.42. The van der Waals surface area contributed by atoms with Crippen molar-refractivity contribution in [1.29, 1.82) is 5.26 Å². The molecule has 1 aromatic heterocycles. The Balaban J connectivity index is 1.66. The van der Waals surface area contributed by atoms with E-state index in [4.69, 9.17) is 26.8 Å². The Morgan fingerprint density at radius 1 is 1.34 bits per heavy atom. The third-order valence-electron chi connectivity index (χ3n) is 4.76. The second-order valence-corrected chi connectivity index (χ2v) is 6.97. The maximum absolute atomic E-state index is 13.8. The molecule has 2 aromatic carbocycles. The molecule has 0 amide bonds. The van der Waals surface area contributed by atoms with E-state index >= 15 is 0 Å². The first-order chi connectivity index (χ1) is 14.0. The Morgan fingerprint density at radius 3 is 2.86 bits per heavy atom. The molecule has 29 heavy (non-hydrogen) atoms. The molecule has 2 heterocycles. The highest BCUT2D eigenvalue weighted by Gasteiger charge is 2.34. The van der Waals surface area contributed by atoms with Gasteiger partial charge in [-0.2, -0.15) is 5.26 Å². The van der Waals surface area contributed by atoms with Crippen molar-refractivity contribution < 1.29 is 13.9 Å². The number of ether oxygens (including phenoxy) is 2. The van der Waals surface area contributed by atoms with Crippen molar-refractivity contribution in [2.75, 3.05) is 0 Å². The topological polar surface area (TPSA) is 97.0 Å². The molecule has 3 N–H and O–H groups in total. The zero-order chi connectivity index (χ0) is 20.5. The first-order valence-electron chi connectivity index (χ1n) is 8.77. The fraction of sp³-hybridized carbons (Fsp3) is 0.143. The Labute approximate surface area is 171 Å². The van der Waals surface area contributed by atoms with Gasteiger partial charge in [0.25, 0.3) is 0 Å². The lowest BCUT2D eigenvalue weighted by Crippen LogP contribution is -2.21. The van der Waals surface area contributed by atoms with Crippen molar-refractivity contribution in [1.82, 2.24) is 10.2 Å². The van der Waals surface area contributed by atoms with Gasteiger partial charge >= 0.3 is 0 Å². The molecule has 0 saturated heterocycles. The molecule has 0 aliphatic carbocycles. The first-order valence-corrected chi connectivity index (χ1v) is 9.15. The molecule has 8 heteroatoms. The maximum atomic E-state index is 13.8. The third-order valence-corrected chi connectivity index (χ3v) is 5.06. The number of allylic oxidation sites excluding steroid dienone is 1. The zero-order valence-electron chi connectivity index (χ0n) is 15.4. The highest BCUT2D eigenvalue weighted by Crippen LogP contribution is 2.43. The van der Waals surface area contributed by atoms with Gasteiger partial charge in [0.05, 0.1) is 10.9 Å². The second kappa shape index (κ2) is 7.49. The van der Waals surface area contributed by atoms with E-state index in [0.717, 1.165) is 16.8 Å². The normalized spacial score (nSPS) is 15.4. The Morgan fingerprint density at radius 2 is 2.14 bits per heavy atom. The van der Waals surface area contributed by atoms with Crippen molar-refractivity contribution >= 4 is 11.6 Å². The number of H-pyrrole nitrogens is 1. The van der Waals surface area contributed by atoms with E-state index in [9.17, 15) is 9.65 Å². The summed E-state index contributed by atoms with van der Waals surface area (Å²) in [4.78, 5) is 0. The number of nitrogens with one attached hydrogen (secondary N) is 1. The lowest BCUT2D eigenvalue weighted by Gasteiger charge is -2.24. The highest BCUT2D eigenvalue weighted by molar-refractivity contribution is 6.32. The molecule has 0 bridgehead atoms. The van der Waals surface area contributed by atoms with Crippen LogP contribution in [0.5, 0.6) is 11.6 Å². The summed E-state index contributed by atoms with van der Waals surface area (Å²) in [6.45, 7) is 1.89. The van der Waals surface area contributed by atoms with Crippen molar-refractivity contribution in [2.24, 2.45) is 5.73 Å². The van der Waals surface area contributed by atoms with Crippen molar-refractivity contribution in [3.8, 4) is 17.7 Å². The predicted molar refractivity (Wildman–Crippen MR) is 105 cm³/mol. The van der Waals surface area contributed by atoms with E-state index in [1.807, 2.05) is 6.92 Å². The molecular weight excluding hydrogens is 395 g/mol. The third kappa shape index (κ3) is 3.39. The number of nitriles is 1. The molecule has 0 unspecified atom stereocenters. The van der Waals surface area contributed by atoms with Gasteiger partial charge in [-0.3, -0.25) is 5.10 Å². The van der Waals surface area contributed by atoms with Crippen molar-refractivity contribution in [3.05, 3.63) is 87.1 Å². The minimum atomic E-state index is -0.472. The molecule has 0 spiro atoms. The summed E-state index contributed by atoms with van der Waals surface area (Å²) in [6.07, 6.45) is 0. The largest absolute Gasteiger partial charge is 0.487 e. The van der Waals surface area contributed by atoms with Crippen molar-refractivity contribution in [2.45, 2.75) is 19.4 Å². The van der Waals surface area contributed by atoms with Crippen LogP contribution in [-0.4, -0.2) is 10.2 Å². The quantitative estimate of drug-likeness (QED) is 0.668. The van der Waals surface area contributed by atoms with Gasteiger partial charge in [-0.1, -0.05) is 35.9 Å². The van der Waals surface area contributed by atoms with E-state index in [2.05, 4.69) is 16.3 Å². The number of hydrogen-bond donors (Lipinski definition) is 2. The summed E-state index contributed by atoms with van der Waals surface area (Å²) in [7, 11) is 0. The average molecular weight is 411 g/mol. The number of aromatic amines is 1. The van der Waals surface area contributed by atoms with Gasteiger partial charge in [-0.05, 0) is 30.7 Å². The highest BCUT2D eigenvalue weighted by atomic mass is 35.5. The number of nitrogens with zero attached hydrogens (tertiary/aromatic N) is 2. The number of aromatic nitrogens is 2. The van der Waals surface area contributed by atoms with E-state index in [-0.39, 0.29) is 23.9 Å². The molecule has 4 rings (SSSR count). The van der Waals surface area contributed by atoms with Crippen LogP contribution in [0.15, 0.2) is 53.9 Å². The summed E-state index contributed by atoms with van der Waals surface area (Å²) in [5.41, 5.74) is 8.86. The maximum Gasteiger partial charge on any atom is 0.244 e. The predicted octanol–water partition coefficient (Wildman–Crippen LogP) is 4.31. The van der Waals surface area contributed by atoms with Crippen molar-refractivity contribution in [3.63, 3.8) is 0 Å². The summed E-state index contributed by atoms with van der Waals surface area (Å²) in [5.74, 6) is -0.0665. The van der Waals surface area contributed by atoms with Crippen LogP contribution >= 0.6 is 11.6 Å². The molecule has 0 fully saturated rings. The standard InChI is InChI=1S/C21H16ClFN4O2/c1-11-18-19(14(9-24)20(25)29-21(18)27-26-11)12-6-7-17(15(22)8-12)28-10-13-4-2-3-5-16(13)23/h2-8,19H,10,25H2,1H3,(H,26,27)/t19-/m1/s1. The van der Waals surface area contributed by atoms with Gasteiger partial charge in [-0.25, -0.2) is 4.39 Å². The van der Waals surface area contributed by atoms with E-state index in [1.54, 1.807) is 36.4 Å². The Kier molecular flexibility index (Phi) is 4.87. The van der Waals surface area contributed by atoms with Crippen LogP contribution in [0, 0.1) is 24.1 Å². The number of rotatable bonds is 4. The van der Waals surface area contributed by atoms with E-state index in [1.165, 1.54) is 6.07 Å². The smallest absolute Gasteiger partial charge is 0.244 e. The first kappa shape index (κ1) is 18.8. The minimum Gasteiger partial charge on any atom is -0.487 e. The fourth-order valence-electron chi connectivity index (χ4n) is 3.32. The van der Waals surface area contributed by atoms with Gasteiger partial charge in [0.15, 0.2) is 0 Å². The van der Waals surface area contributed by atoms with E-state index < -0.39 is 5.92 Å². The SMILES string of the molecule is Cc1[nH]nc2c1[C@H](c1ccc(OCc3ccccc3F)c(Cl)c1)C(C#N)=C(N)O2. The lowest BCUT2D eigenvalue weighted by molar-refractivity contribution is 0.300. The molecular formula is C21H16ClFN4O2. The molecule has 3 aromatic rings. The second-order valence-electron chi connectivity index (χ2n) is 6.56. The molecule has 1 aliphatic heterocycles. The van der Waals surface area contributed by atoms with Gasteiger partial charge in [0.2, 0.25) is 11.8 Å². The van der Waals surface area contributed by atoms with Gasteiger partial charge in [0, 0.05) is 16.8 Å². The van der Waals surface area contributed by atoms with Crippen LogP contribution in [0.2, 0.25) is 5.02 Å². The van der Waals surface area contributed by atoms with Crippen LogP contribution in [0.3, 0.4) is 0 Å². The molecule has 1 atom stereocenters. The Hall–Kier alpha value is -3.50. The van der Waals surface area contributed by atoms with E-state index in [0.29, 0.717) is 22.2 Å². The number of fused-ring (bicyclic) bond motifs is 1. The number of aryl methyl sites for hydroxylation is 1. The molecule has 0 saturated carbocycles. The van der Waals surface area contributed by atoms with Crippen LogP contribution in [-0.2, 0) is 6.61 Å². The van der Waals surface area contributed by atoms with Crippen LogP contribution in [0.25, 0.3) is 0 Å². The number of hydrogen-bond acceptors (Lipinski definition) is 5. The number of nitrogens with two attached hydrogens (primary N) is 1. The zero-order valence-corrected chi connectivity index (χ0v) is 16.1. The van der Waals surface area contributed by atoms with Gasteiger partial charge < -0.3 is 15.2 Å². The average Bonchev–Trinajstić information content (AvgIpc) is 3.07. The minimum absolute atomic E-state index is 0.00695. The lowest BCUT2D eigenvalue weighted by atomic mass is 9.84. The molecule has 146 valence electrons. The van der Waals surface area contributed by atoms with Crippen LogP contribution in [0.4, 0.5) is 4.39 Å². The summed E-state index contributed by atoms with van der Waals surface area (Å²) in [5, 5.41) is 16.9.